The summed E-state index contributed by atoms with van der Waals surface area (Å²) in [5.74, 6) is 0.664. The van der Waals surface area contributed by atoms with Crippen LogP contribution < -0.4 is 10.2 Å². The number of thiazole rings is 1. The second-order valence-electron chi connectivity index (χ2n) is 5.63. The number of benzene rings is 1. The highest BCUT2D eigenvalue weighted by atomic mass is 79.9. The normalized spacial score (nSPS) is 11.1. The van der Waals surface area contributed by atoms with Gasteiger partial charge in [-0.1, -0.05) is 35.8 Å². The molecule has 0 saturated heterocycles. The van der Waals surface area contributed by atoms with Crippen molar-refractivity contribution in [2.24, 2.45) is 5.92 Å². The van der Waals surface area contributed by atoms with Crippen LogP contribution in [0.2, 0.25) is 0 Å². The van der Waals surface area contributed by atoms with E-state index in [1.807, 2.05) is 5.51 Å². The first-order valence-electron chi connectivity index (χ1n) is 7.13. The molecule has 1 heterocycles. The molecule has 0 aliphatic rings. The Morgan fingerprint density at radius 2 is 2.19 bits per heavy atom. The number of aromatic nitrogens is 1. The van der Waals surface area contributed by atoms with Gasteiger partial charge in [0.2, 0.25) is 0 Å². The summed E-state index contributed by atoms with van der Waals surface area (Å²) in [6.07, 6.45) is 0. The molecule has 2 rings (SSSR count). The van der Waals surface area contributed by atoms with Crippen molar-refractivity contribution >= 4 is 33.0 Å². The molecule has 0 atom stereocenters. The van der Waals surface area contributed by atoms with Crippen LogP contribution in [0.3, 0.4) is 0 Å². The van der Waals surface area contributed by atoms with E-state index >= 15 is 0 Å². The number of anilines is 1. The van der Waals surface area contributed by atoms with Crippen LogP contribution in [0.15, 0.2) is 33.6 Å². The Balaban J connectivity index is 2.10. The van der Waals surface area contributed by atoms with Crippen molar-refractivity contribution in [1.29, 1.82) is 0 Å². The Bertz CT molecular complexity index is 555. The molecule has 5 heteroatoms. The summed E-state index contributed by atoms with van der Waals surface area (Å²) in [7, 11) is 2.12. The van der Waals surface area contributed by atoms with E-state index in [-0.39, 0.29) is 0 Å². The second kappa shape index (κ2) is 7.92. The molecule has 1 N–H and O–H groups in total. The zero-order valence-corrected chi connectivity index (χ0v) is 15.2. The van der Waals surface area contributed by atoms with Gasteiger partial charge in [0, 0.05) is 29.1 Å². The van der Waals surface area contributed by atoms with Crippen molar-refractivity contribution in [3.8, 4) is 0 Å². The van der Waals surface area contributed by atoms with Gasteiger partial charge >= 0.3 is 0 Å². The predicted molar refractivity (Wildman–Crippen MR) is 94.9 cm³/mol. The van der Waals surface area contributed by atoms with Gasteiger partial charge in [0.25, 0.3) is 0 Å². The van der Waals surface area contributed by atoms with E-state index in [0.717, 1.165) is 29.8 Å². The molecule has 0 aliphatic heterocycles. The Kier molecular flexibility index (Phi) is 6.21. The molecule has 0 bridgehead atoms. The van der Waals surface area contributed by atoms with E-state index in [0.29, 0.717) is 5.92 Å². The maximum absolute atomic E-state index is 4.37. The minimum atomic E-state index is 0.664. The maximum atomic E-state index is 4.37. The average Bonchev–Trinajstić information content (AvgIpc) is 2.92. The molecule has 114 valence electrons. The zero-order valence-electron chi connectivity index (χ0n) is 12.8. The number of nitrogens with one attached hydrogen (secondary N) is 1. The topological polar surface area (TPSA) is 28.2 Å². The highest BCUT2D eigenvalue weighted by Gasteiger charge is 2.10. The lowest BCUT2D eigenvalue weighted by Crippen LogP contribution is -2.23. The van der Waals surface area contributed by atoms with E-state index in [4.69, 9.17) is 0 Å². The van der Waals surface area contributed by atoms with Crippen molar-refractivity contribution in [3.63, 3.8) is 0 Å². The fraction of sp³-hybridized carbons (Fsp3) is 0.438. The summed E-state index contributed by atoms with van der Waals surface area (Å²) >= 11 is 5.22. The highest BCUT2D eigenvalue weighted by molar-refractivity contribution is 9.10. The molecule has 0 spiro atoms. The molecule has 2 aromatic rings. The van der Waals surface area contributed by atoms with Gasteiger partial charge in [0.05, 0.1) is 17.7 Å². The van der Waals surface area contributed by atoms with Crippen molar-refractivity contribution in [2.45, 2.75) is 26.9 Å². The van der Waals surface area contributed by atoms with E-state index in [9.17, 15) is 0 Å². The summed E-state index contributed by atoms with van der Waals surface area (Å²) in [6.45, 7) is 7.21. The Hall–Kier alpha value is -0.910. The number of nitrogens with zero attached hydrogens (tertiary/aromatic N) is 2. The second-order valence-corrected chi connectivity index (χ2v) is 7.27. The number of halogens is 1. The molecular weight excluding hydrogens is 346 g/mol. The lowest BCUT2D eigenvalue weighted by Gasteiger charge is -2.22. The van der Waals surface area contributed by atoms with Crippen LogP contribution in [0.25, 0.3) is 0 Å². The van der Waals surface area contributed by atoms with Crippen LogP contribution in [0, 0.1) is 5.92 Å². The molecule has 0 radical (unpaired) electrons. The number of hydrogen-bond acceptors (Lipinski definition) is 4. The quantitative estimate of drug-likeness (QED) is 0.790. The van der Waals surface area contributed by atoms with Gasteiger partial charge in [0.15, 0.2) is 0 Å². The molecule has 0 amide bonds. The van der Waals surface area contributed by atoms with Crippen molar-refractivity contribution in [1.82, 2.24) is 10.3 Å². The minimum Gasteiger partial charge on any atom is -0.368 e. The third-order valence-electron chi connectivity index (χ3n) is 3.21. The maximum Gasteiger partial charge on any atom is 0.0795 e. The third kappa shape index (κ3) is 5.09. The first-order chi connectivity index (χ1) is 10.1. The van der Waals surface area contributed by atoms with E-state index in [2.05, 4.69) is 75.6 Å². The molecule has 21 heavy (non-hydrogen) atoms. The monoisotopic (exact) mass is 367 g/mol. The largest absolute Gasteiger partial charge is 0.368 e. The highest BCUT2D eigenvalue weighted by Crippen LogP contribution is 2.25. The third-order valence-corrected chi connectivity index (χ3v) is 4.34. The molecular formula is C16H22BrN3S. The smallest absolute Gasteiger partial charge is 0.0795 e. The lowest BCUT2D eigenvalue weighted by molar-refractivity contribution is 0.552. The van der Waals surface area contributed by atoms with E-state index < -0.39 is 0 Å². The van der Waals surface area contributed by atoms with Crippen LogP contribution in [-0.2, 0) is 13.1 Å². The Morgan fingerprint density at radius 1 is 1.38 bits per heavy atom. The van der Waals surface area contributed by atoms with Crippen LogP contribution in [-0.4, -0.2) is 18.6 Å². The molecule has 1 aromatic carbocycles. The standard InChI is InChI=1S/C16H22BrN3S/c1-12(2)7-18-8-13-4-5-14(17)6-16(13)20(3)9-15-10-21-11-19-15/h4-6,10-12,18H,7-9H2,1-3H3. The first-order valence-corrected chi connectivity index (χ1v) is 8.87. The van der Waals surface area contributed by atoms with Crippen molar-refractivity contribution in [3.05, 3.63) is 44.8 Å². The molecule has 3 nitrogen and oxygen atoms in total. The molecule has 0 aliphatic carbocycles. The number of rotatable bonds is 7. The average molecular weight is 368 g/mol. The Labute approximate surface area is 139 Å². The van der Waals surface area contributed by atoms with E-state index in [1.54, 1.807) is 11.3 Å². The number of hydrogen-bond donors (Lipinski definition) is 1. The van der Waals surface area contributed by atoms with Gasteiger partial charge in [-0.05, 0) is 30.2 Å². The van der Waals surface area contributed by atoms with E-state index in [1.165, 1.54) is 11.3 Å². The molecule has 0 fully saturated rings. The molecule has 0 saturated carbocycles. The van der Waals surface area contributed by atoms with Gasteiger partial charge in [-0.25, -0.2) is 4.98 Å². The summed E-state index contributed by atoms with van der Waals surface area (Å²) < 4.78 is 1.11. The molecule has 1 aromatic heterocycles. The van der Waals surface area contributed by atoms with Gasteiger partial charge in [-0.15, -0.1) is 11.3 Å². The van der Waals surface area contributed by atoms with Crippen LogP contribution >= 0.6 is 27.3 Å². The molecule has 0 unspecified atom stereocenters. The summed E-state index contributed by atoms with van der Waals surface area (Å²) in [4.78, 5) is 6.62. The van der Waals surface area contributed by atoms with Gasteiger partial charge in [-0.2, -0.15) is 0 Å². The summed E-state index contributed by atoms with van der Waals surface area (Å²) in [5.41, 5.74) is 5.56. The van der Waals surface area contributed by atoms with Crippen molar-refractivity contribution < 1.29 is 0 Å². The predicted octanol–water partition coefficient (Wildman–Crippen LogP) is 4.29. The van der Waals surface area contributed by atoms with Crippen LogP contribution in [0.1, 0.15) is 25.1 Å². The summed E-state index contributed by atoms with van der Waals surface area (Å²) in [5, 5.41) is 5.62. The van der Waals surface area contributed by atoms with Gasteiger partial charge < -0.3 is 10.2 Å². The van der Waals surface area contributed by atoms with Gasteiger partial charge in [0.1, 0.15) is 0 Å². The zero-order chi connectivity index (χ0) is 15.2. The van der Waals surface area contributed by atoms with Gasteiger partial charge in [-0.3, -0.25) is 0 Å². The lowest BCUT2D eigenvalue weighted by atomic mass is 10.1. The Morgan fingerprint density at radius 3 is 2.86 bits per heavy atom. The minimum absolute atomic E-state index is 0.664. The summed E-state index contributed by atoms with van der Waals surface area (Å²) in [6, 6.07) is 6.47. The van der Waals surface area contributed by atoms with Crippen LogP contribution in [0.4, 0.5) is 5.69 Å². The fourth-order valence-electron chi connectivity index (χ4n) is 2.18. The SMILES string of the molecule is CC(C)CNCc1ccc(Br)cc1N(C)Cc1cscn1. The first kappa shape index (κ1) is 16.5. The fourth-order valence-corrected chi connectivity index (χ4v) is 3.08. The van der Waals surface area contributed by atoms with Crippen LogP contribution in [0.5, 0.6) is 0 Å². The van der Waals surface area contributed by atoms with Crippen molar-refractivity contribution in [2.75, 3.05) is 18.5 Å².